The second-order valence-corrected chi connectivity index (χ2v) is 6.00. The van der Waals surface area contributed by atoms with Crippen molar-refractivity contribution >= 4 is 17.5 Å². The highest BCUT2D eigenvalue weighted by Gasteiger charge is 2.15. The molecule has 1 atom stereocenters. The zero-order valence-electron chi connectivity index (χ0n) is 13.9. The molecule has 1 amide bonds. The third-order valence-corrected chi connectivity index (χ3v) is 3.90. The van der Waals surface area contributed by atoms with Gasteiger partial charge in [0.15, 0.2) is 5.76 Å². The lowest BCUT2D eigenvalue weighted by atomic mass is 10.1. The zero-order chi connectivity index (χ0) is 17.0. The second kappa shape index (κ2) is 7.55. The summed E-state index contributed by atoms with van der Waals surface area (Å²) in [5, 5.41) is 2.82. The van der Waals surface area contributed by atoms with Crippen LogP contribution >= 0.6 is 11.6 Å². The maximum Gasteiger partial charge on any atom is 0.287 e. The number of ether oxygens (including phenoxy) is 1. The molecule has 0 aliphatic rings. The van der Waals surface area contributed by atoms with Gasteiger partial charge in [-0.05, 0) is 51.0 Å². The Balaban J connectivity index is 1.91. The van der Waals surface area contributed by atoms with Crippen LogP contribution in [0.2, 0.25) is 0 Å². The summed E-state index contributed by atoms with van der Waals surface area (Å²) in [5.41, 5.74) is 3.04. The van der Waals surface area contributed by atoms with Gasteiger partial charge in [0.1, 0.15) is 17.6 Å². The molecule has 0 saturated carbocycles. The molecule has 1 unspecified atom stereocenters. The molecular formula is C18H22ClNO3. The Labute approximate surface area is 141 Å². The van der Waals surface area contributed by atoms with Gasteiger partial charge in [-0.3, -0.25) is 4.79 Å². The monoisotopic (exact) mass is 335 g/mol. The molecule has 23 heavy (non-hydrogen) atoms. The number of carbonyl (C=O) groups is 1. The van der Waals surface area contributed by atoms with Crippen LogP contribution in [0.25, 0.3) is 0 Å². The maximum absolute atomic E-state index is 12.1. The standard InChI is InChI=1S/C18H22ClNO3/c1-11-5-6-12(2)16(7-11)22-13(3)10-20-18(21)17-8-15(9-19)14(4)23-17/h5-8,13H,9-10H2,1-4H3,(H,20,21). The van der Waals surface area contributed by atoms with Gasteiger partial charge in [0.25, 0.3) is 5.91 Å². The summed E-state index contributed by atoms with van der Waals surface area (Å²) in [6.07, 6.45) is -0.150. The highest BCUT2D eigenvalue weighted by molar-refractivity contribution is 6.17. The van der Waals surface area contributed by atoms with E-state index in [4.69, 9.17) is 20.8 Å². The zero-order valence-corrected chi connectivity index (χ0v) is 14.7. The number of hydrogen-bond acceptors (Lipinski definition) is 3. The number of furan rings is 1. The first-order valence-corrected chi connectivity index (χ1v) is 8.11. The lowest BCUT2D eigenvalue weighted by Gasteiger charge is -2.17. The number of nitrogens with one attached hydrogen (secondary N) is 1. The van der Waals surface area contributed by atoms with Gasteiger partial charge in [0, 0.05) is 5.56 Å². The smallest absolute Gasteiger partial charge is 0.287 e. The van der Waals surface area contributed by atoms with E-state index in [1.165, 1.54) is 0 Å². The normalized spacial score (nSPS) is 12.0. The SMILES string of the molecule is Cc1ccc(C)c(OC(C)CNC(=O)c2cc(CCl)c(C)o2)c1. The molecule has 4 nitrogen and oxygen atoms in total. The molecule has 0 aliphatic carbocycles. The molecular weight excluding hydrogens is 314 g/mol. The van der Waals surface area contributed by atoms with E-state index >= 15 is 0 Å². The van der Waals surface area contributed by atoms with E-state index in [9.17, 15) is 4.79 Å². The Hall–Kier alpha value is -1.94. The summed E-state index contributed by atoms with van der Waals surface area (Å²) in [6, 6.07) is 7.74. The van der Waals surface area contributed by atoms with Crippen LogP contribution in [-0.4, -0.2) is 18.6 Å². The Morgan fingerprint density at radius 1 is 1.30 bits per heavy atom. The van der Waals surface area contributed by atoms with Crippen LogP contribution in [0, 0.1) is 20.8 Å². The minimum Gasteiger partial charge on any atom is -0.489 e. The molecule has 5 heteroatoms. The number of aryl methyl sites for hydroxylation is 3. The van der Waals surface area contributed by atoms with Gasteiger partial charge in [-0.1, -0.05) is 12.1 Å². The fourth-order valence-corrected chi connectivity index (χ4v) is 2.45. The van der Waals surface area contributed by atoms with E-state index in [0.29, 0.717) is 18.2 Å². The van der Waals surface area contributed by atoms with Crippen molar-refractivity contribution in [3.8, 4) is 5.75 Å². The molecule has 124 valence electrons. The average molecular weight is 336 g/mol. The van der Waals surface area contributed by atoms with Gasteiger partial charge in [0.2, 0.25) is 0 Å². The molecule has 1 heterocycles. The van der Waals surface area contributed by atoms with E-state index in [1.807, 2.05) is 39.0 Å². The van der Waals surface area contributed by atoms with E-state index in [1.54, 1.807) is 13.0 Å². The predicted octanol–water partition coefficient (Wildman–Crippen LogP) is 4.14. The number of benzene rings is 1. The quantitative estimate of drug-likeness (QED) is 0.807. The lowest BCUT2D eigenvalue weighted by Crippen LogP contribution is -2.33. The molecule has 0 spiro atoms. The first-order chi connectivity index (χ1) is 10.9. The third-order valence-electron chi connectivity index (χ3n) is 3.61. The van der Waals surface area contributed by atoms with Crippen molar-refractivity contribution in [3.05, 3.63) is 52.5 Å². The molecule has 0 fully saturated rings. The van der Waals surface area contributed by atoms with E-state index < -0.39 is 0 Å². The molecule has 2 rings (SSSR count). The summed E-state index contributed by atoms with van der Waals surface area (Å²) in [7, 11) is 0. The largest absolute Gasteiger partial charge is 0.489 e. The van der Waals surface area contributed by atoms with Crippen molar-refractivity contribution < 1.29 is 13.9 Å². The Morgan fingerprint density at radius 3 is 2.70 bits per heavy atom. The van der Waals surface area contributed by atoms with Gasteiger partial charge < -0.3 is 14.5 Å². The summed E-state index contributed by atoms with van der Waals surface area (Å²) in [5.74, 6) is 1.85. The number of halogens is 1. The summed E-state index contributed by atoms with van der Waals surface area (Å²) >= 11 is 5.78. The third kappa shape index (κ3) is 4.52. The van der Waals surface area contributed by atoms with Crippen molar-refractivity contribution in [2.75, 3.05) is 6.54 Å². The minimum atomic E-state index is -0.263. The number of amides is 1. The van der Waals surface area contributed by atoms with Crippen molar-refractivity contribution in [3.63, 3.8) is 0 Å². The number of rotatable bonds is 6. The van der Waals surface area contributed by atoms with E-state index in [0.717, 1.165) is 22.4 Å². The van der Waals surface area contributed by atoms with Gasteiger partial charge in [-0.15, -0.1) is 11.6 Å². The Kier molecular flexibility index (Phi) is 5.72. The van der Waals surface area contributed by atoms with Gasteiger partial charge in [-0.2, -0.15) is 0 Å². The van der Waals surface area contributed by atoms with Crippen LogP contribution in [0.3, 0.4) is 0 Å². The molecule has 2 aromatic rings. The molecule has 0 aliphatic heterocycles. The number of carbonyl (C=O) groups excluding carboxylic acids is 1. The molecule has 1 aromatic heterocycles. The van der Waals surface area contributed by atoms with Crippen molar-refractivity contribution in [2.24, 2.45) is 0 Å². The molecule has 1 aromatic carbocycles. The Morgan fingerprint density at radius 2 is 2.04 bits per heavy atom. The maximum atomic E-state index is 12.1. The van der Waals surface area contributed by atoms with Crippen molar-refractivity contribution in [1.29, 1.82) is 0 Å². The average Bonchev–Trinajstić information content (AvgIpc) is 2.89. The van der Waals surface area contributed by atoms with E-state index in [-0.39, 0.29) is 17.8 Å². The minimum absolute atomic E-state index is 0.150. The Bertz CT molecular complexity index is 694. The van der Waals surface area contributed by atoms with Gasteiger partial charge in [0.05, 0.1) is 12.4 Å². The fourth-order valence-electron chi connectivity index (χ4n) is 2.18. The van der Waals surface area contributed by atoms with Gasteiger partial charge in [-0.25, -0.2) is 0 Å². The molecule has 1 N–H and O–H groups in total. The second-order valence-electron chi connectivity index (χ2n) is 5.73. The van der Waals surface area contributed by atoms with Crippen LogP contribution < -0.4 is 10.1 Å². The molecule has 0 radical (unpaired) electrons. The highest BCUT2D eigenvalue weighted by Crippen LogP contribution is 2.20. The topological polar surface area (TPSA) is 51.5 Å². The first kappa shape index (κ1) is 17.4. The van der Waals surface area contributed by atoms with Crippen LogP contribution in [-0.2, 0) is 5.88 Å². The van der Waals surface area contributed by atoms with Crippen LogP contribution in [0.1, 0.15) is 39.9 Å². The fraction of sp³-hybridized carbons (Fsp3) is 0.389. The highest BCUT2D eigenvalue weighted by atomic mass is 35.5. The lowest BCUT2D eigenvalue weighted by molar-refractivity contribution is 0.0903. The first-order valence-electron chi connectivity index (χ1n) is 7.58. The van der Waals surface area contributed by atoms with Crippen LogP contribution in [0.15, 0.2) is 28.7 Å². The van der Waals surface area contributed by atoms with Crippen LogP contribution in [0.5, 0.6) is 5.75 Å². The summed E-state index contributed by atoms with van der Waals surface area (Å²) < 4.78 is 11.3. The summed E-state index contributed by atoms with van der Waals surface area (Å²) in [6.45, 7) is 8.12. The number of hydrogen-bond donors (Lipinski definition) is 1. The molecule has 0 saturated heterocycles. The molecule has 0 bridgehead atoms. The van der Waals surface area contributed by atoms with Gasteiger partial charge >= 0.3 is 0 Å². The van der Waals surface area contributed by atoms with Crippen molar-refractivity contribution in [2.45, 2.75) is 39.7 Å². The predicted molar refractivity (Wildman–Crippen MR) is 91.3 cm³/mol. The number of alkyl halides is 1. The summed E-state index contributed by atoms with van der Waals surface area (Å²) in [4.78, 5) is 12.1. The van der Waals surface area contributed by atoms with E-state index in [2.05, 4.69) is 5.32 Å². The van der Waals surface area contributed by atoms with Crippen molar-refractivity contribution in [1.82, 2.24) is 5.32 Å². The van der Waals surface area contributed by atoms with Crippen LogP contribution in [0.4, 0.5) is 0 Å².